The van der Waals surface area contributed by atoms with Gasteiger partial charge in [0.05, 0.1) is 18.1 Å². The highest BCUT2D eigenvalue weighted by Gasteiger charge is 2.14. The second-order valence-corrected chi connectivity index (χ2v) is 5.12. The van der Waals surface area contributed by atoms with Gasteiger partial charge in [-0.2, -0.15) is 0 Å². The van der Waals surface area contributed by atoms with Crippen LogP contribution in [0, 0.1) is 5.92 Å². The second kappa shape index (κ2) is 4.53. The van der Waals surface area contributed by atoms with Crippen LogP contribution in [0.4, 0.5) is 0 Å². The summed E-state index contributed by atoms with van der Waals surface area (Å²) in [7, 11) is 1.63. The quantitative estimate of drug-likeness (QED) is 0.722. The molecule has 4 heteroatoms. The maximum Gasteiger partial charge on any atom is 0.258 e. The number of methoxy groups -OCH3 is 1. The van der Waals surface area contributed by atoms with Gasteiger partial charge in [0.1, 0.15) is 0 Å². The Kier molecular flexibility index (Phi) is 2.85. The van der Waals surface area contributed by atoms with Crippen molar-refractivity contribution in [2.24, 2.45) is 5.92 Å². The molecule has 0 aliphatic carbocycles. The zero-order valence-electron chi connectivity index (χ0n) is 11.4. The van der Waals surface area contributed by atoms with Crippen LogP contribution in [0.15, 0.2) is 30.5 Å². The number of ether oxygens (including phenoxy) is 1. The molecular formula is C15H17N3O. The van der Waals surface area contributed by atoms with Gasteiger partial charge in [-0.25, -0.2) is 9.97 Å². The van der Waals surface area contributed by atoms with Crippen LogP contribution >= 0.6 is 0 Å². The molecule has 98 valence electrons. The van der Waals surface area contributed by atoms with E-state index < -0.39 is 0 Å². The Bertz CT molecular complexity index is 731. The average Bonchev–Trinajstić information content (AvgIpc) is 2.81. The molecule has 0 saturated heterocycles. The molecule has 0 atom stereocenters. The summed E-state index contributed by atoms with van der Waals surface area (Å²) in [5, 5.41) is 0. The predicted octanol–water partition coefficient (Wildman–Crippen LogP) is 3.09. The fourth-order valence-electron chi connectivity index (χ4n) is 2.41. The normalized spacial score (nSPS) is 11.6. The number of para-hydroxylation sites is 2. The van der Waals surface area contributed by atoms with E-state index in [1.807, 2.05) is 24.4 Å². The molecule has 2 aromatic heterocycles. The van der Waals surface area contributed by atoms with Gasteiger partial charge in [0.2, 0.25) is 5.65 Å². The lowest BCUT2D eigenvalue weighted by Gasteiger charge is -2.09. The largest absolute Gasteiger partial charge is 0.478 e. The SMILES string of the molecule is COc1nc2ccccc2n2c(CC(C)C)cnc12. The Hall–Kier alpha value is -2.10. The van der Waals surface area contributed by atoms with E-state index in [0.717, 1.165) is 23.1 Å². The summed E-state index contributed by atoms with van der Waals surface area (Å²) in [6.45, 7) is 4.42. The van der Waals surface area contributed by atoms with E-state index in [1.165, 1.54) is 5.69 Å². The minimum Gasteiger partial charge on any atom is -0.478 e. The summed E-state index contributed by atoms with van der Waals surface area (Å²) in [6.07, 6.45) is 2.91. The number of benzene rings is 1. The Morgan fingerprint density at radius 2 is 2.05 bits per heavy atom. The van der Waals surface area contributed by atoms with Gasteiger partial charge in [-0.3, -0.25) is 4.40 Å². The van der Waals surface area contributed by atoms with E-state index in [1.54, 1.807) is 7.11 Å². The lowest BCUT2D eigenvalue weighted by Crippen LogP contribution is -2.02. The number of hydrogen-bond donors (Lipinski definition) is 0. The Balaban J connectivity index is 2.39. The van der Waals surface area contributed by atoms with Gasteiger partial charge in [-0.15, -0.1) is 0 Å². The standard InChI is InChI=1S/C15H17N3O/c1-10(2)8-11-9-16-14-15(19-3)17-12-6-4-5-7-13(12)18(11)14/h4-7,9-10H,8H2,1-3H3. The smallest absolute Gasteiger partial charge is 0.258 e. The Morgan fingerprint density at radius 1 is 1.26 bits per heavy atom. The molecule has 0 bridgehead atoms. The molecule has 0 amide bonds. The monoisotopic (exact) mass is 255 g/mol. The molecule has 1 aromatic carbocycles. The van der Waals surface area contributed by atoms with Gasteiger partial charge in [0, 0.05) is 11.9 Å². The molecule has 3 aromatic rings. The lowest BCUT2D eigenvalue weighted by molar-refractivity contribution is 0.402. The first kappa shape index (κ1) is 12.0. The van der Waals surface area contributed by atoms with Gasteiger partial charge in [0.15, 0.2) is 0 Å². The van der Waals surface area contributed by atoms with E-state index in [9.17, 15) is 0 Å². The minimum atomic E-state index is 0.578. The maximum atomic E-state index is 5.36. The fraction of sp³-hybridized carbons (Fsp3) is 0.333. The third-order valence-corrected chi connectivity index (χ3v) is 3.18. The Labute approximate surface area is 112 Å². The summed E-state index contributed by atoms with van der Waals surface area (Å²) in [4.78, 5) is 8.98. The molecule has 0 aliphatic heterocycles. The van der Waals surface area contributed by atoms with Crippen molar-refractivity contribution >= 4 is 16.7 Å². The van der Waals surface area contributed by atoms with Crippen molar-refractivity contribution < 1.29 is 4.74 Å². The van der Waals surface area contributed by atoms with Crippen LogP contribution < -0.4 is 4.74 Å². The molecule has 0 fully saturated rings. The van der Waals surface area contributed by atoms with Gasteiger partial charge >= 0.3 is 0 Å². The van der Waals surface area contributed by atoms with Crippen LogP contribution in [0.25, 0.3) is 16.7 Å². The van der Waals surface area contributed by atoms with Gasteiger partial charge in [-0.1, -0.05) is 26.0 Å². The molecular weight excluding hydrogens is 238 g/mol. The number of fused-ring (bicyclic) bond motifs is 3. The second-order valence-electron chi connectivity index (χ2n) is 5.12. The highest BCUT2D eigenvalue weighted by Crippen LogP contribution is 2.24. The van der Waals surface area contributed by atoms with Crippen LogP contribution in [0.1, 0.15) is 19.5 Å². The first-order valence-corrected chi connectivity index (χ1v) is 6.49. The van der Waals surface area contributed by atoms with E-state index in [2.05, 4.69) is 34.3 Å². The molecule has 0 spiro atoms. The number of hydrogen-bond acceptors (Lipinski definition) is 3. The topological polar surface area (TPSA) is 39.4 Å². The third kappa shape index (κ3) is 1.93. The first-order chi connectivity index (χ1) is 9.20. The Morgan fingerprint density at radius 3 is 2.79 bits per heavy atom. The van der Waals surface area contributed by atoms with Crippen molar-refractivity contribution in [3.63, 3.8) is 0 Å². The average molecular weight is 255 g/mol. The molecule has 0 N–H and O–H groups in total. The summed E-state index contributed by atoms with van der Waals surface area (Å²) in [6, 6.07) is 8.07. The lowest BCUT2D eigenvalue weighted by atomic mass is 10.1. The zero-order valence-corrected chi connectivity index (χ0v) is 11.4. The molecule has 4 nitrogen and oxygen atoms in total. The van der Waals surface area contributed by atoms with E-state index in [4.69, 9.17) is 4.74 Å². The van der Waals surface area contributed by atoms with Crippen LogP contribution in [-0.2, 0) is 6.42 Å². The summed E-state index contributed by atoms with van der Waals surface area (Å²) < 4.78 is 7.51. The predicted molar refractivity (Wildman–Crippen MR) is 75.6 cm³/mol. The van der Waals surface area contributed by atoms with Gasteiger partial charge < -0.3 is 4.74 Å². The molecule has 2 heterocycles. The maximum absolute atomic E-state index is 5.36. The fourth-order valence-corrected chi connectivity index (χ4v) is 2.41. The van der Waals surface area contributed by atoms with Gasteiger partial charge in [-0.05, 0) is 24.5 Å². The van der Waals surface area contributed by atoms with Gasteiger partial charge in [0.25, 0.3) is 5.88 Å². The van der Waals surface area contributed by atoms with E-state index in [-0.39, 0.29) is 0 Å². The molecule has 0 unspecified atom stereocenters. The molecule has 0 radical (unpaired) electrons. The van der Waals surface area contributed by atoms with Crippen LogP contribution in [0.5, 0.6) is 5.88 Å². The van der Waals surface area contributed by atoms with Crippen molar-refractivity contribution in [3.8, 4) is 5.88 Å². The summed E-state index contributed by atoms with van der Waals surface area (Å²) in [5.74, 6) is 1.16. The van der Waals surface area contributed by atoms with Crippen molar-refractivity contribution in [2.75, 3.05) is 7.11 Å². The van der Waals surface area contributed by atoms with Crippen LogP contribution in [0.2, 0.25) is 0 Å². The summed E-state index contributed by atoms with van der Waals surface area (Å²) >= 11 is 0. The number of nitrogens with zero attached hydrogens (tertiary/aromatic N) is 3. The van der Waals surface area contributed by atoms with Crippen LogP contribution in [0.3, 0.4) is 0 Å². The number of aromatic nitrogens is 3. The zero-order chi connectivity index (χ0) is 13.4. The van der Waals surface area contributed by atoms with Crippen molar-refractivity contribution in [2.45, 2.75) is 20.3 Å². The highest BCUT2D eigenvalue weighted by atomic mass is 16.5. The van der Waals surface area contributed by atoms with Crippen molar-refractivity contribution in [1.82, 2.24) is 14.4 Å². The first-order valence-electron chi connectivity index (χ1n) is 6.49. The van der Waals surface area contributed by atoms with E-state index in [0.29, 0.717) is 11.8 Å². The third-order valence-electron chi connectivity index (χ3n) is 3.18. The molecule has 19 heavy (non-hydrogen) atoms. The molecule has 3 rings (SSSR count). The number of imidazole rings is 1. The van der Waals surface area contributed by atoms with E-state index >= 15 is 0 Å². The van der Waals surface area contributed by atoms with Crippen molar-refractivity contribution in [1.29, 1.82) is 0 Å². The van der Waals surface area contributed by atoms with Crippen molar-refractivity contribution in [3.05, 3.63) is 36.2 Å². The molecule has 0 saturated carbocycles. The molecule has 0 aliphatic rings. The number of rotatable bonds is 3. The summed E-state index contributed by atoms with van der Waals surface area (Å²) in [5.41, 5.74) is 3.99. The highest BCUT2D eigenvalue weighted by molar-refractivity contribution is 5.80. The van der Waals surface area contributed by atoms with Crippen LogP contribution in [-0.4, -0.2) is 21.5 Å². The minimum absolute atomic E-state index is 0.578.